The highest BCUT2D eigenvalue weighted by Gasteiger charge is 2.33. The van der Waals surface area contributed by atoms with Gasteiger partial charge in [-0.05, 0) is 74.7 Å². The average molecular weight is 635 g/mol. The van der Waals surface area contributed by atoms with E-state index < -0.39 is 28.5 Å². The van der Waals surface area contributed by atoms with Crippen molar-refractivity contribution in [3.05, 3.63) is 92.9 Å². The van der Waals surface area contributed by atoms with Crippen molar-refractivity contribution >= 4 is 55.1 Å². The third-order valence-corrected chi connectivity index (χ3v) is 8.85. The summed E-state index contributed by atoms with van der Waals surface area (Å²) in [5, 5.41) is 3.17. The van der Waals surface area contributed by atoms with Gasteiger partial charge in [0.05, 0.1) is 10.6 Å². The minimum Gasteiger partial charge on any atom is -0.354 e. The van der Waals surface area contributed by atoms with Crippen molar-refractivity contribution in [1.82, 2.24) is 10.2 Å². The average Bonchev–Trinajstić information content (AvgIpc) is 2.91. The molecule has 0 aliphatic rings. The van der Waals surface area contributed by atoms with E-state index in [-0.39, 0.29) is 17.3 Å². The van der Waals surface area contributed by atoms with Gasteiger partial charge >= 0.3 is 0 Å². The Kier molecular flexibility index (Phi) is 10.6. The van der Waals surface area contributed by atoms with Crippen LogP contribution >= 0.6 is 27.5 Å². The quantitative estimate of drug-likeness (QED) is 0.286. The molecule has 0 radical (unpaired) electrons. The molecular weight excluding hydrogens is 602 g/mol. The van der Waals surface area contributed by atoms with Gasteiger partial charge in [0.25, 0.3) is 10.0 Å². The summed E-state index contributed by atoms with van der Waals surface area (Å²) in [5.74, 6) is -0.832. The zero-order chi connectivity index (χ0) is 28.7. The van der Waals surface area contributed by atoms with Crippen molar-refractivity contribution in [1.29, 1.82) is 0 Å². The number of carbonyl (C=O) groups excluding carboxylic acids is 2. The van der Waals surface area contributed by atoms with Gasteiger partial charge in [-0.3, -0.25) is 13.9 Å². The topological polar surface area (TPSA) is 86.8 Å². The Bertz CT molecular complexity index is 1410. The Morgan fingerprint density at radius 2 is 1.64 bits per heavy atom. The molecule has 1 N–H and O–H groups in total. The van der Waals surface area contributed by atoms with Gasteiger partial charge in [-0.2, -0.15) is 0 Å². The highest BCUT2D eigenvalue weighted by molar-refractivity contribution is 9.10. The fourth-order valence-corrected chi connectivity index (χ4v) is 5.87. The van der Waals surface area contributed by atoms with Crippen LogP contribution in [0.25, 0.3) is 0 Å². The molecule has 3 aromatic carbocycles. The van der Waals surface area contributed by atoms with Crippen LogP contribution in [0, 0.1) is 13.8 Å². The molecule has 0 spiro atoms. The van der Waals surface area contributed by atoms with Gasteiger partial charge in [-0.1, -0.05) is 70.3 Å². The lowest BCUT2D eigenvalue weighted by Gasteiger charge is -2.32. The molecule has 7 nitrogen and oxygen atoms in total. The first-order valence-corrected chi connectivity index (χ1v) is 15.2. The van der Waals surface area contributed by atoms with Crippen LogP contribution in [0.5, 0.6) is 0 Å². The number of carbonyl (C=O) groups is 2. The number of rotatable bonds is 11. The fourth-order valence-electron chi connectivity index (χ4n) is 3.97. The Balaban J connectivity index is 2.05. The molecule has 0 unspecified atom stereocenters. The number of hydrogen-bond acceptors (Lipinski definition) is 4. The van der Waals surface area contributed by atoms with E-state index in [4.69, 9.17) is 11.6 Å². The molecule has 10 heteroatoms. The van der Waals surface area contributed by atoms with E-state index in [1.807, 2.05) is 38.1 Å². The second-order valence-corrected chi connectivity index (χ2v) is 12.6. The normalized spacial score (nSPS) is 12.1. The Morgan fingerprint density at radius 3 is 2.26 bits per heavy atom. The maximum absolute atomic E-state index is 13.9. The zero-order valence-electron chi connectivity index (χ0n) is 22.4. The predicted octanol–water partition coefficient (Wildman–Crippen LogP) is 5.86. The smallest absolute Gasteiger partial charge is 0.264 e. The van der Waals surface area contributed by atoms with E-state index in [0.717, 1.165) is 26.3 Å². The summed E-state index contributed by atoms with van der Waals surface area (Å²) < 4.78 is 29.8. The molecule has 0 heterocycles. The minimum absolute atomic E-state index is 0.0495. The lowest BCUT2D eigenvalue weighted by Crippen LogP contribution is -2.51. The van der Waals surface area contributed by atoms with Crippen molar-refractivity contribution in [3.63, 3.8) is 0 Å². The molecule has 1 atom stereocenters. The zero-order valence-corrected chi connectivity index (χ0v) is 25.6. The Morgan fingerprint density at radius 1 is 1.00 bits per heavy atom. The summed E-state index contributed by atoms with van der Waals surface area (Å²) in [6.45, 7) is 7.29. The molecule has 39 heavy (non-hydrogen) atoms. The molecule has 2 amide bonds. The van der Waals surface area contributed by atoms with Gasteiger partial charge in [-0.25, -0.2) is 8.42 Å². The first-order chi connectivity index (χ1) is 18.4. The van der Waals surface area contributed by atoms with Gasteiger partial charge in [0, 0.05) is 22.6 Å². The third-order valence-electron chi connectivity index (χ3n) is 6.31. The highest BCUT2D eigenvalue weighted by atomic mass is 79.9. The monoisotopic (exact) mass is 633 g/mol. The van der Waals surface area contributed by atoms with Crippen molar-refractivity contribution < 1.29 is 18.0 Å². The number of benzene rings is 3. The summed E-state index contributed by atoms with van der Waals surface area (Å²) in [7, 11) is -4.16. The van der Waals surface area contributed by atoms with Gasteiger partial charge < -0.3 is 10.2 Å². The maximum atomic E-state index is 13.9. The lowest BCUT2D eigenvalue weighted by atomic mass is 10.1. The van der Waals surface area contributed by atoms with Crippen LogP contribution in [-0.2, 0) is 26.2 Å². The second kappa shape index (κ2) is 13.5. The van der Waals surface area contributed by atoms with Crippen molar-refractivity contribution in [3.8, 4) is 0 Å². The van der Waals surface area contributed by atoms with Gasteiger partial charge in [0.2, 0.25) is 11.8 Å². The first-order valence-electron chi connectivity index (χ1n) is 12.6. The van der Waals surface area contributed by atoms with Crippen molar-refractivity contribution in [2.24, 2.45) is 0 Å². The SMILES string of the molecule is CCCNC(=O)[C@H](C)N(Cc1ccc(Br)cc1)C(=O)CN(c1cc(Cl)ccc1C)S(=O)(=O)c1ccc(C)cc1. The highest BCUT2D eigenvalue weighted by Crippen LogP contribution is 2.30. The largest absolute Gasteiger partial charge is 0.354 e. The van der Waals surface area contributed by atoms with E-state index in [9.17, 15) is 18.0 Å². The van der Waals surface area contributed by atoms with Crippen LogP contribution < -0.4 is 9.62 Å². The molecular formula is C29H33BrClN3O4S. The molecule has 0 aliphatic carbocycles. The fraction of sp³-hybridized carbons (Fsp3) is 0.310. The first kappa shape index (κ1) is 30.7. The van der Waals surface area contributed by atoms with Gasteiger partial charge in [0.1, 0.15) is 12.6 Å². The lowest BCUT2D eigenvalue weighted by molar-refractivity contribution is -0.139. The van der Waals surface area contributed by atoms with Gasteiger partial charge in [0.15, 0.2) is 0 Å². The van der Waals surface area contributed by atoms with Crippen molar-refractivity contribution in [2.45, 2.75) is 51.6 Å². The third kappa shape index (κ3) is 7.84. The van der Waals surface area contributed by atoms with Crippen LogP contribution in [-0.4, -0.2) is 44.3 Å². The van der Waals surface area contributed by atoms with E-state index >= 15 is 0 Å². The minimum atomic E-state index is -4.16. The second-order valence-electron chi connectivity index (χ2n) is 9.37. The van der Waals surface area contributed by atoms with Crippen LogP contribution in [0.2, 0.25) is 5.02 Å². The van der Waals surface area contributed by atoms with Crippen LogP contribution in [0.4, 0.5) is 5.69 Å². The number of nitrogens with zero attached hydrogens (tertiary/aromatic N) is 2. The van der Waals surface area contributed by atoms with Crippen LogP contribution in [0.3, 0.4) is 0 Å². The summed E-state index contributed by atoms with van der Waals surface area (Å²) in [6, 6.07) is 17.9. The molecule has 208 valence electrons. The molecule has 0 fully saturated rings. The summed E-state index contributed by atoms with van der Waals surface area (Å²) in [5.41, 5.74) is 2.64. The van der Waals surface area contributed by atoms with E-state index in [1.165, 1.54) is 23.1 Å². The molecule has 0 saturated heterocycles. The van der Waals surface area contributed by atoms with Crippen LogP contribution in [0.1, 0.15) is 37.0 Å². The molecule has 0 aliphatic heterocycles. The molecule has 0 saturated carbocycles. The summed E-state index contributed by atoms with van der Waals surface area (Å²) in [6.07, 6.45) is 0.746. The molecule has 3 rings (SSSR count). The predicted molar refractivity (Wildman–Crippen MR) is 159 cm³/mol. The summed E-state index contributed by atoms with van der Waals surface area (Å²) >= 11 is 9.68. The standard InChI is InChI=1S/C29H33BrClN3O4S/c1-5-16-32-29(36)22(4)33(18-23-9-11-24(30)12-10-23)28(35)19-34(27-17-25(31)13-8-21(27)3)39(37,38)26-14-6-20(2)7-15-26/h6-15,17,22H,5,16,18-19H2,1-4H3,(H,32,36)/t22-/m0/s1. The van der Waals surface area contributed by atoms with E-state index in [2.05, 4.69) is 21.2 Å². The molecule has 3 aromatic rings. The number of aryl methyl sites for hydroxylation is 2. The Labute approximate surface area is 244 Å². The number of nitrogens with one attached hydrogen (secondary N) is 1. The summed E-state index contributed by atoms with van der Waals surface area (Å²) in [4.78, 5) is 28.3. The molecule has 0 bridgehead atoms. The number of anilines is 1. The van der Waals surface area contributed by atoms with Crippen molar-refractivity contribution in [2.75, 3.05) is 17.4 Å². The Hall–Kier alpha value is -2.88. The maximum Gasteiger partial charge on any atom is 0.264 e. The molecule has 0 aromatic heterocycles. The number of sulfonamides is 1. The number of halogens is 2. The van der Waals surface area contributed by atoms with Gasteiger partial charge in [-0.15, -0.1) is 0 Å². The van der Waals surface area contributed by atoms with E-state index in [0.29, 0.717) is 22.8 Å². The number of hydrogen-bond donors (Lipinski definition) is 1. The van der Waals surface area contributed by atoms with E-state index in [1.54, 1.807) is 38.1 Å². The van der Waals surface area contributed by atoms with Crippen LogP contribution in [0.15, 0.2) is 76.1 Å². The number of amides is 2.